The van der Waals surface area contributed by atoms with E-state index in [0.29, 0.717) is 37.5 Å². The normalized spacial score (nSPS) is 11.7. The van der Waals surface area contributed by atoms with Crippen LogP contribution in [0.3, 0.4) is 0 Å². The van der Waals surface area contributed by atoms with Crippen molar-refractivity contribution < 1.29 is 24.2 Å². The van der Waals surface area contributed by atoms with Gasteiger partial charge in [-0.15, -0.1) is 0 Å². The summed E-state index contributed by atoms with van der Waals surface area (Å²) in [7, 11) is 0. The molecule has 4 aromatic rings. The molecule has 0 saturated carbocycles. The quantitative estimate of drug-likeness (QED) is 0.309. The third-order valence-corrected chi connectivity index (χ3v) is 5.72. The smallest absolute Gasteiger partial charge is 0.356 e. The number of fused-ring (bicyclic) bond motifs is 3. The molecule has 1 aliphatic carbocycles. The molecule has 2 heterocycles. The van der Waals surface area contributed by atoms with Crippen LogP contribution in [0.5, 0.6) is 11.5 Å². The second-order valence-corrected chi connectivity index (χ2v) is 7.99. The van der Waals surface area contributed by atoms with E-state index >= 15 is 0 Å². The Labute approximate surface area is 200 Å². The summed E-state index contributed by atoms with van der Waals surface area (Å²) in [6, 6.07) is 13.0. The molecule has 0 spiro atoms. The SMILES string of the molecule is O=C=COc1cccc(Cn2nc(C(=O)O)c3c2-c2ccc(OCc4cncnc4)cc2CC3)c1. The van der Waals surface area contributed by atoms with E-state index < -0.39 is 5.97 Å². The van der Waals surface area contributed by atoms with Gasteiger partial charge in [-0.2, -0.15) is 5.10 Å². The molecule has 0 aliphatic heterocycles. The molecule has 2 aromatic carbocycles. The largest absolute Gasteiger partial charge is 0.489 e. The Hall–Kier alpha value is -4.75. The molecule has 35 heavy (non-hydrogen) atoms. The van der Waals surface area contributed by atoms with Gasteiger partial charge in [0.2, 0.25) is 0 Å². The lowest BCUT2D eigenvalue weighted by atomic mass is 9.88. The van der Waals surface area contributed by atoms with Crippen molar-refractivity contribution >= 4 is 11.9 Å². The van der Waals surface area contributed by atoms with Gasteiger partial charge < -0.3 is 14.6 Å². The zero-order chi connectivity index (χ0) is 24.2. The molecule has 9 heteroatoms. The van der Waals surface area contributed by atoms with Gasteiger partial charge in [-0.05, 0) is 54.3 Å². The van der Waals surface area contributed by atoms with Gasteiger partial charge in [-0.25, -0.2) is 19.6 Å². The number of carboxylic acids is 1. The van der Waals surface area contributed by atoms with Gasteiger partial charge in [-0.3, -0.25) is 4.68 Å². The summed E-state index contributed by atoms with van der Waals surface area (Å²) >= 11 is 0. The molecule has 0 radical (unpaired) electrons. The third-order valence-electron chi connectivity index (χ3n) is 5.72. The molecule has 0 amide bonds. The summed E-state index contributed by atoms with van der Waals surface area (Å²) in [5.41, 5.74) is 5.27. The van der Waals surface area contributed by atoms with Crippen LogP contribution >= 0.6 is 0 Å². The second-order valence-electron chi connectivity index (χ2n) is 7.99. The van der Waals surface area contributed by atoms with Crippen LogP contribution in [-0.2, 0) is 30.8 Å². The minimum Gasteiger partial charge on any atom is -0.489 e. The average Bonchev–Trinajstić information content (AvgIpc) is 3.26. The maximum atomic E-state index is 11.9. The van der Waals surface area contributed by atoms with Crippen LogP contribution in [0.15, 0.2) is 67.4 Å². The Morgan fingerprint density at radius 3 is 2.74 bits per heavy atom. The van der Waals surface area contributed by atoms with E-state index in [1.165, 1.54) is 6.33 Å². The fraction of sp³-hybridized carbons (Fsp3) is 0.154. The first-order chi connectivity index (χ1) is 17.1. The van der Waals surface area contributed by atoms with Crippen LogP contribution < -0.4 is 9.47 Å². The minimum absolute atomic E-state index is 0.0614. The highest BCUT2D eigenvalue weighted by molar-refractivity contribution is 5.90. The molecule has 0 unspecified atom stereocenters. The molecular weight excluding hydrogens is 448 g/mol. The number of hydrogen-bond donors (Lipinski definition) is 1. The van der Waals surface area contributed by atoms with E-state index in [9.17, 15) is 14.7 Å². The van der Waals surface area contributed by atoms with E-state index in [0.717, 1.165) is 39.8 Å². The molecule has 0 bridgehead atoms. The summed E-state index contributed by atoms with van der Waals surface area (Å²) < 4.78 is 12.9. The number of carbonyl (C=O) groups excluding carboxylic acids is 1. The number of carboxylic acid groups (broad SMARTS) is 1. The Balaban J connectivity index is 1.47. The number of aryl methyl sites for hydroxylation is 1. The maximum Gasteiger partial charge on any atom is 0.356 e. The lowest BCUT2D eigenvalue weighted by molar-refractivity contribution is 0.0688. The predicted molar refractivity (Wildman–Crippen MR) is 125 cm³/mol. The van der Waals surface area contributed by atoms with Gasteiger partial charge in [0, 0.05) is 29.1 Å². The maximum absolute atomic E-state index is 11.9. The number of benzene rings is 2. The number of aromatic carboxylic acids is 1. The lowest BCUT2D eigenvalue weighted by Crippen LogP contribution is -2.10. The van der Waals surface area contributed by atoms with Gasteiger partial charge in [0.15, 0.2) is 17.9 Å². The zero-order valence-corrected chi connectivity index (χ0v) is 18.5. The molecule has 0 fully saturated rings. The van der Waals surface area contributed by atoms with Gasteiger partial charge in [0.05, 0.1) is 12.2 Å². The fourth-order valence-corrected chi connectivity index (χ4v) is 4.23. The number of carbonyl (C=O) groups is 1. The lowest BCUT2D eigenvalue weighted by Gasteiger charge is -2.20. The molecule has 0 atom stereocenters. The number of nitrogens with zero attached hydrogens (tertiary/aromatic N) is 4. The Morgan fingerprint density at radius 2 is 1.94 bits per heavy atom. The van der Waals surface area contributed by atoms with E-state index in [2.05, 4.69) is 15.1 Å². The van der Waals surface area contributed by atoms with E-state index in [1.54, 1.807) is 41.2 Å². The summed E-state index contributed by atoms with van der Waals surface area (Å²) in [5, 5.41) is 14.2. The first-order valence-corrected chi connectivity index (χ1v) is 10.9. The van der Waals surface area contributed by atoms with Gasteiger partial charge in [0.25, 0.3) is 0 Å². The third kappa shape index (κ3) is 4.66. The molecule has 174 valence electrons. The van der Waals surface area contributed by atoms with Crippen molar-refractivity contribution in [1.82, 2.24) is 19.7 Å². The van der Waals surface area contributed by atoms with E-state index in [-0.39, 0.29) is 5.69 Å². The van der Waals surface area contributed by atoms with Crippen LogP contribution in [0.25, 0.3) is 11.3 Å². The summed E-state index contributed by atoms with van der Waals surface area (Å²) in [6.45, 7) is 0.687. The average molecular weight is 468 g/mol. The zero-order valence-electron chi connectivity index (χ0n) is 18.5. The van der Waals surface area contributed by atoms with Gasteiger partial charge in [0.1, 0.15) is 24.4 Å². The first-order valence-electron chi connectivity index (χ1n) is 10.9. The summed E-state index contributed by atoms with van der Waals surface area (Å²) in [6.07, 6.45) is 7.07. The number of hydrogen-bond acceptors (Lipinski definition) is 7. The fourth-order valence-electron chi connectivity index (χ4n) is 4.23. The van der Waals surface area contributed by atoms with E-state index in [1.807, 2.05) is 24.3 Å². The van der Waals surface area contributed by atoms with E-state index in [4.69, 9.17) is 9.47 Å². The summed E-state index contributed by atoms with van der Waals surface area (Å²) in [4.78, 5) is 30.4. The van der Waals surface area contributed by atoms with Crippen molar-refractivity contribution in [2.24, 2.45) is 0 Å². The molecule has 1 aliphatic rings. The predicted octanol–water partition coefficient (Wildman–Crippen LogP) is 3.49. The summed E-state index contributed by atoms with van der Waals surface area (Å²) in [5.74, 6) is 1.72. The van der Waals surface area contributed by atoms with Crippen molar-refractivity contribution in [3.8, 4) is 22.8 Å². The highest BCUT2D eigenvalue weighted by Crippen LogP contribution is 2.37. The number of aromatic nitrogens is 4. The first kappa shape index (κ1) is 22.1. The number of ether oxygens (including phenoxy) is 2. The molecule has 1 N–H and O–H groups in total. The van der Waals surface area contributed by atoms with Crippen molar-refractivity contribution in [2.75, 3.05) is 0 Å². The molecule has 5 rings (SSSR count). The highest BCUT2D eigenvalue weighted by atomic mass is 16.5. The minimum atomic E-state index is -1.05. The molecule has 9 nitrogen and oxygen atoms in total. The second kappa shape index (κ2) is 9.62. The molecule has 2 aromatic heterocycles. The van der Waals surface area contributed by atoms with Crippen molar-refractivity contribution in [1.29, 1.82) is 0 Å². The molecular formula is C26H20N4O5. The topological polar surface area (TPSA) is 116 Å². The van der Waals surface area contributed by atoms with Gasteiger partial charge >= 0.3 is 5.97 Å². The van der Waals surface area contributed by atoms with Crippen molar-refractivity contribution in [3.05, 3.63) is 95.4 Å². The Kier molecular flexibility index (Phi) is 6.07. The van der Waals surface area contributed by atoms with Crippen LogP contribution in [0.1, 0.15) is 32.7 Å². The van der Waals surface area contributed by atoms with Crippen LogP contribution in [0.2, 0.25) is 0 Å². The van der Waals surface area contributed by atoms with Crippen molar-refractivity contribution in [2.45, 2.75) is 26.0 Å². The molecule has 0 saturated heterocycles. The van der Waals surface area contributed by atoms with Crippen molar-refractivity contribution in [3.63, 3.8) is 0 Å². The number of rotatable bonds is 8. The standard InChI is InChI=1S/C26H20N4O5/c31-8-9-34-20-3-1-2-17(10-20)14-30-25-22-7-5-21(35-15-18-12-27-16-28-13-18)11-19(22)4-6-23(25)24(29-30)26(32)33/h1-3,5,7,9-13,16H,4,6,14-15H2,(H,32,33). The van der Waals surface area contributed by atoms with Gasteiger partial charge in [-0.1, -0.05) is 12.1 Å². The van der Waals surface area contributed by atoms with Crippen LogP contribution in [0, 0.1) is 0 Å². The Morgan fingerprint density at radius 1 is 1.09 bits per heavy atom. The Bertz CT molecular complexity index is 1440. The highest BCUT2D eigenvalue weighted by Gasteiger charge is 2.28. The van der Waals surface area contributed by atoms with Crippen LogP contribution in [0.4, 0.5) is 0 Å². The van der Waals surface area contributed by atoms with Crippen LogP contribution in [-0.4, -0.2) is 36.8 Å². The monoisotopic (exact) mass is 468 g/mol.